The van der Waals surface area contributed by atoms with E-state index in [-0.39, 0.29) is 11.9 Å². The van der Waals surface area contributed by atoms with Gasteiger partial charge in [-0.15, -0.1) is 0 Å². The lowest BCUT2D eigenvalue weighted by Crippen LogP contribution is -2.32. The average Bonchev–Trinajstić information content (AvgIpc) is 2.55. The highest BCUT2D eigenvalue weighted by Crippen LogP contribution is 2.01. The van der Waals surface area contributed by atoms with Crippen LogP contribution in [-0.2, 0) is 0 Å². The van der Waals surface area contributed by atoms with Crippen molar-refractivity contribution >= 4 is 5.91 Å². The van der Waals surface area contributed by atoms with Crippen LogP contribution in [0, 0.1) is 0 Å². The summed E-state index contributed by atoms with van der Waals surface area (Å²) in [4.78, 5) is 11.4. The van der Waals surface area contributed by atoms with Crippen LogP contribution in [-0.4, -0.2) is 11.9 Å². The van der Waals surface area contributed by atoms with Crippen LogP contribution in [0.25, 0.3) is 0 Å². The Morgan fingerprint density at radius 1 is 1.69 bits per heavy atom. The van der Waals surface area contributed by atoms with Gasteiger partial charge >= 0.3 is 0 Å². The minimum Gasteiger partial charge on any atom is -0.459 e. The van der Waals surface area contributed by atoms with Gasteiger partial charge in [0.15, 0.2) is 5.76 Å². The molecule has 3 heteroatoms. The smallest absolute Gasteiger partial charge is 0.287 e. The molecule has 1 atom stereocenters. The van der Waals surface area contributed by atoms with E-state index in [2.05, 4.69) is 12.2 Å². The van der Waals surface area contributed by atoms with E-state index in [1.165, 1.54) is 6.26 Å². The number of nitrogens with one attached hydrogen (secondary N) is 1. The third-order valence-electron chi connectivity index (χ3n) is 1.84. The van der Waals surface area contributed by atoms with Crippen LogP contribution in [0.15, 0.2) is 22.8 Å². The van der Waals surface area contributed by atoms with Crippen LogP contribution in [0.1, 0.15) is 37.2 Å². The summed E-state index contributed by atoms with van der Waals surface area (Å²) in [5.74, 6) is 0.244. The summed E-state index contributed by atoms with van der Waals surface area (Å²) in [6.45, 7) is 4.08. The molecule has 0 radical (unpaired) electrons. The molecule has 0 fully saturated rings. The quantitative estimate of drug-likeness (QED) is 0.773. The summed E-state index contributed by atoms with van der Waals surface area (Å²) < 4.78 is 4.96. The molecule has 0 saturated carbocycles. The summed E-state index contributed by atoms with van der Waals surface area (Å²) in [7, 11) is 0. The molecule has 1 aromatic rings. The first-order valence-corrected chi connectivity index (χ1v) is 4.58. The van der Waals surface area contributed by atoms with Gasteiger partial charge in [-0.25, -0.2) is 0 Å². The van der Waals surface area contributed by atoms with Crippen molar-refractivity contribution in [2.24, 2.45) is 0 Å². The maximum absolute atomic E-state index is 11.4. The second kappa shape index (κ2) is 4.70. The van der Waals surface area contributed by atoms with E-state index in [0.717, 1.165) is 12.8 Å². The van der Waals surface area contributed by atoms with Crippen molar-refractivity contribution in [3.8, 4) is 0 Å². The lowest BCUT2D eigenvalue weighted by molar-refractivity contribution is 0.0910. The molecule has 0 aliphatic carbocycles. The first-order valence-electron chi connectivity index (χ1n) is 4.58. The predicted octanol–water partition coefficient (Wildman–Crippen LogP) is 2.20. The number of carbonyl (C=O) groups is 1. The van der Waals surface area contributed by atoms with Crippen LogP contribution in [0.5, 0.6) is 0 Å². The first-order chi connectivity index (χ1) is 6.24. The average molecular weight is 181 g/mol. The molecule has 72 valence electrons. The summed E-state index contributed by atoms with van der Waals surface area (Å²) in [5, 5.41) is 2.85. The van der Waals surface area contributed by atoms with Crippen molar-refractivity contribution in [3.63, 3.8) is 0 Å². The Kier molecular flexibility index (Phi) is 3.55. The molecule has 0 aliphatic rings. The summed E-state index contributed by atoms with van der Waals surface area (Å²) in [5.41, 5.74) is 0. The van der Waals surface area contributed by atoms with Gasteiger partial charge in [0.1, 0.15) is 0 Å². The monoisotopic (exact) mass is 181 g/mol. The third kappa shape index (κ3) is 2.93. The molecule has 1 N–H and O–H groups in total. The van der Waals surface area contributed by atoms with Crippen molar-refractivity contribution in [3.05, 3.63) is 24.2 Å². The van der Waals surface area contributed by atoms with Crippen LogP contribution in [0.2, 0.25) is 0 Å². The maximum Gasteiger partial charge on any atom is 0.287 e. The summed E-state index contributed by atoms with van der Waals surface area (Å²) >= 11 is 0. The van der Waals surface area contributed by atoms with Crippen molar-refractivity contribution in [2.75, 3.05) is 0 Å². The second-order valence-electron chi connectivity index (χ2n) is 3.14. The van der Waals surface area contributed by atoms with Gasteiger partial charge in [-0.1, -0.05) is 13.3 Å². The van der Waals surface area contributed by atoms with Crippen molar-refractivity contribution in [1.82, 2.24) is 5.32 Å². The van der Waals surface area contributed by atoms with Crippen molar-refractivity contribution < 1.29 is 9.21 Å². The molecule has 0 unspecified atom stereocenters. The molecular weight excluding hydrogens is 166 g/mol. The molecule has 0 aliphatic heterocycles. The zero-order valence-corrected chi connectivity index (χ0v) is 8.04. The fraction of sp³-hybridized carbons (Fsp3) is 0.500. The molecule has 13 heavy (non-hydrogen) atoms. The predicted molar refractivity (Wildman–Crippen MR) is 50.5 cm³/mol. The van der Waals surface area contributed by atoms with Gasteiger partial charge in [0.2, 0.25) is 0 Å². The molecule has 1 heterocycles. The summed E-state index contributed by atoms with van der Waals surface area (Å²) in [6.07, 6.45) is 3.56. The zero-order valence-electron chi connectivity index (χ0n) is 8.04. The van der Waals surface area contributed by atoms with Crippen LogP contribution >= 0.6 is 0 Å². The number of hydrogen-bond acceptors (Lipinski definition) is 2. The molecule has 0 aromatic carbocycles. The van der Waals surface area contributed by atoms with Crippen LogP contribution in [0.4, 0.5) is 0 Å². The number of amides is 1. The Balaban J connectivity index is 2.42. The van der Waals surface area contributed by atoms with E-state index < -0.39 is 0 Å². The fourth-order valence-electron chi connectivity index (χ4n) is 1.21. The number of rotatable bonds is 4. The van der Waals surface area contributed by atoms with Crippen LogP contribution < -0.4 is 5.32 Å². The van der Waals surface area contributed by atoms with Gasteiger partial charge in [-0.05, 0) is 25.5 Å². The minimum absolute atomic E-state index is 0.133. The molecule has 1 amide bonds. The number of hydrogen-bond donors (Lipinski definition) is 1. The van der Waals surface area contributed by atoms with E-state index in [1.807, 2.05) is 6.92 Å². The maximum atomic E-state index is 11.4. The lowest BCUT2D eigenvalue weighted by Gasteiger charge is -2.10. The Morgan fingerprint density at radius 3 is 3.00 bits per heavy atom. The standard InChI is InChI=1S/C10H15NO2/c1-3-5-8(2)11-10(12)9-6-4-7-13-9/h4,6-8H,3,5H2,1-2H3,(H,11,12)/t8-/m1/s1. The van der Waals surface area contributed by atoms with Gasteiger partial charge in [-0.2, -0.15) is 0 Å². The third-order valence-corrected chi connectivity index (χ3v) is 1.84. The summed E-state index contributed by atoms with van der Waals surface area (Å²) in [6, 6.07) is 3.58. The Hall–Kier alpha value is -1.25. The van der Waals surface area contributed by atoms with Gasteiger partial charge in [0.25, 0.3) is 5.91 Å². The molecule has 3 nitrogen and oxygen atoms in total. The normalized spacial score (nSPS) is 12.5. The SMILES string of the molecule is CCC[C@@H](C)NC(=O)c1ccco1. The number of carbonyl (C=O) groups excluding carboxylic acids is 1. The van der Waals surface area contributed by atoms with Crippen molar-refractivity contribution in [1.29, 1.82) is 0 Å². The van der Waals surface area contributed by atoms with E-state index in [0.29, 0.717) is 5.76 Å². The van der Waals surface area contributed by atoms with E-state index in [9.17, 15) is 4.79 Å². The molecule has 0 spiro atoms. The number of furan rings is 1. The Bertz CT molecular complexity index is 254. The molecule has 0 bridgehead atoms. The van der Waals surface area contributed by atoms with Crippen molar-refractivity contribution in [2.45, 2.75) is 32.7 Å². The van der Waals surface area contributed by atoms with E-state index in [4.69, 9.17) is 4.42 Å². The first kappa shape index (κ1) is 9.84. The van der Waals surface area contributed by atoms with Crippen LogP contribution in [0.3, 0.4) is 0 Å². The zero-order chi connectivity index (χ0) is 9.68. The highest BCUT2D eigenvalue weighted by molar-refractivity contribution is 5.91. The Morgan fingerprint density at radius 2 is 2.46 bits per heavy atom. The molecule has 1 rings (SSSR count). The van der Waals surface area contributed by atoms with Gasteiger partial charge in [0, 0.05) is 6.04 Å². The highest BCUT2D eigenvalue weighted by Gasteiger charge is 2.10. The topological polar surface area (TPSA) is 42.2 Å². The fourth-order valence-corrected chi connectivity index (χ4v) is 1.21. The highest BCUT2D eigenvalue weighted by atomic mass is 16.3. The lowest BCUT2D eigenvalue weighted by atomic mass is 10.2. The van der Waals surface area contributed by atoms with Gasteiger partial charge < -0.3 is 9.73 Å². The van der Waals surface area contributed by atoms with Gasteiger partial charge in [-0.3, -0.25) is 4.79 Å². The second-order valence-corrected chi connectivity index (χ2v) is 3.14. The largest absolute Gasteiger partial charge is 0.459 e. The Labute approximate surface area is 78.1 Å². The molecule has 0 saturated heterocycles. The minimum atomic E-state index is -0.133. The molecule has 1 aromatic heterocycles. The van der Waals surface area contributed by atoms with E-state index >= 15 is 0 Å². The van der Waals surface area contributed by atoms with Gasteiger partial charge in [0.05, 0.1) is 6.26 Å². The van der Waals surface area contributed by atoms with E-state index in [1.54, 1.807) is 12.1 Å². The molecular formula is C10H15NO2.